The Balaban J connectivity index is 1.89. The smallest absolute Gasteiger partial charge is 0.333 e. The van der Waals surface area contributed by atoms with E-state index in [-0.39, 0.29) is 36.7 Å². The van der Waals surface area contributed by atoms with Gasteiger partial charge in [-0.2, -0.15) is 0 Å². The molecular formula is C15H22O5. The van der Waals surface area contributed by atoms with E-state index in [0.29, 0.717) is 18.1 Å². The first-order chi connectivity index (χ1) is 9.52. The van der Waals surface area contributed by atoms with Crippen LogP contribution in [0.15, 0.2) is 12.2 Å². The van der Waals surface area contributed by atoms with Crippen LogP contribution in [0.1, 0.15) is 33.1 Å². The molecule has 2 fully saturated rings. The van der Waals surface area contributed by atoms with Crippen molar-refractivity contribution in [2.75, 3.05) is 13.4 Å². The molecular weight excluding hydrogens is 260 g/mol. The fraction of sp³-hybridized carbons (Fsp3) is 0.733. The minimum Gasteiger partial charge on any atom is -0.459 e. The number of hydrogen-bond acceptors (Lipinski definition) is 5. The number of ether oxygens (including phenoxy) is 3. The maximum Gasteiger partial charge on any atom is 0.333 e. The van der Waals surface area contributed by atoms with Crippen molar-refractivity contribution < 1.29 is 23.8 Å². The molecule has 0 N–H and O–H groups in total. The van der Waals surface area contributed by atoms with Crippen LogP contribution in [0.4, 0.5) is 0 Å². The number of fused-ring (bicyclic) bond motifs is 2. The van der Waals surface area contributed by atoms with Crippen LogP contribution in [-0.4, -0.2) is 31.4 Å². The summed E-state index contributed by atoms with van der Waals surface area (Å²) in [4.78, 5) is 23.6. The van der Waals surface area contributed by atoms with Crippen molar-refractivity contribution in [2.45, 2.75) is 39.2 Å². The van der Waals surface area contributed by atoms with E-state index in [1.54, 1.807) is 6.92 Å². The van der Waals surface area contributed by atoms with E-state index in [9.17, 15) is 9.59 Å². The van der Waals surface area contributed by atoms with Crippen molar-refractivity contribution in [2.24, 2.45) is 17.8 Å². The topological polar surface area (TPSA) is 61.8 Å². The van der Waals surface area contributed by atoms with Gasteiger partial charge in [-0.1, -0.05) is 6.58 Å². The van der Waals surface area contributed by atoms with E-state index in [0.717, 1.165) is 19.3 Å². The zero-order valence-electron chi connectivity index (χ0n) is 12.1. The largest absolute Gasteiger partial charge is 0.459 e. The number of hydrogen-bond donors (Lipinski definition) is 0. The second kappa shape index (κ2) is 6.39. The number of carbonyl (C=O) groups is 2. The molecule has 20 heavy (non-hydrogen) atoms. The third-order valence-electron chi connectivity index (χ3n) is 4.15. The lowest BCUT2D eigenvalue weighted by Gasteiger charge is -2.27. The van der Waals surface area contributed by atoms with Crippen LogP contribution in [0.2, 0.25) is 0 Å². The van der Waals surface area contributed by atoms with E-state index in [4.69, 9.17) is 14.2 Å². The van der Waals surface area contributed by atoms with E-state index < -0.39 is 0 Å². The molecule has 5 nitrogen and oxygen atoms in total. The summed E-state index contributed by atoms with van der Waals surface area (Å²) in [6.45, 7) is 7.57. The van der Waals surface area contributed by atoms with Gasteiger partial charge >= 0.3 is 11.9 Å². The van der Waals surface area contributed by atoms with Crippen LogP contribution in [0.3, 0.4) is 0 Å². The highest BCUT2D eigenvalue weighted by Gasteiger charge is 2.51. The predicted octanol–water partition coefficient (Wildman–Crippen LogP) is 2.06. The molecule has 0 saturated heterocycles. The third-order valence-corrected chi connectivity index (χ3v) is 4.15. The van der Waals surface area contributed by atoms with Gasteiger partial charge in [0, 0.05) is 18.1 Å². The third kappa shape index (κ3) is 3.20. The van der Waals surface area contributed by atoms with Crippen LogP contribution in [0.25, 0.3) is 0 Å². The molecule has 0 aromatic heterocycles. The molecule has 0 spiro atoms. The van der Waals surface area contributed by atoms with E-state index >= 15 is 0 Å². The molecule has 0 heterocycles. The van der Waals surface area contributed by atoms with Gasteiger partial charge in [0.05, 0.1) is 5.92 Å². The van der Waals surface area contributed by atoms with E-state index in [2.05, 4.69) is 6.58 Å². The minimum absolute atomic E-state index is 0.000555. The van der Waals surface area contributed by atoms with Gasteiger partial charge in [0.15, 0.2) is 6.79 Å². The van der Waals surface area contributed by atoms with Crippen molar-refractivity contribution >= 4 is 11.9 Å². The molecule has 4 unspecified atom stereocenters. The van der Waals surface area contributed by atoms with Crippen molar-refractivity contribution in [3.63, 3.8) is 0 Å². The molecule has 2 rings (SSSR count). The van der Waals surface area contributed by atoms with Crippen molar-refractivity contribution in [3.05, 3.63) is 12.2 Å². The van der Waals surface area contributed by atoms with Crippen LogP contribution in [-0.2, 0) is 23.8 Å². The van der Waals surface area contributed by atoms with Crippen LogP contribution in [0, 0.1) is 17.8 Å². The standard InChI is InChI=1S/C15H22O5/c1-4-18-8-19-15(17)12-6-10-5-11(12)13(7-10)20-14(16)9(2)3/h10-13H,2,4-8H2,1,3H3. The van der Waals surface area contributed by atoms with Gasteiger partial charge in [0.1, 0.15) is 6.10 Å². The summed E-state index contributed by atoms with van der Waals surface area (Å²) < 4.78 is 15.6. The molecule has 2 bridgehead atoms. The fourth-order valence-electron chi connectivity index (χ4n) is 3.22. The molecule has 2 saturated carbocycles. The Morgan fingerprint density at radius 1 is 1.25 bits per heavy atom. The lowest BCUT2D eigenvalue weighted by Crippen LogP contribution is -2.34. The van der Waals surface area contributed by atoms with E-state index in [1.165, 1.54) is 0 Å². The van der Waals surface area contributed by atoms with Crippen LogP contribution in [0.5, 0.6) is 0 Å². The Morgan fingerprint density at radius 3 is 2.60 bits per heavy atom. The molecule has 2 aliphatic rings. The van der Waals surface area contributed by atoms with E-state index in [1.807, 2.05) is 6.92 Å². The zero-order chi connectivity index (χ0) is 14.7. The second-order valence-corrected chi connectivity index (χ2v) is 5.64. The molecule has 4 atom stereocenters. The summed E-state index contributed by atoms with van der Waals surface area (Å²) in [6, 6.07) is 0. The van der Waals surface area contributed by atoms with Gasteiger partial charge < -0.3 is 14.2 Å². The summed E-state index contributed by atoms with van der Waals surface area (Å²) in [7, 11) is 0. The molecule has 2 aliphatic carbocycles. The van der Waals surface area contributed by atoms with Gasteiger partial charge in [-0.15, -0.1) is 0 Å². The molecule has 0 radical (unpaired) electrons. The Bertz CT molecular complexity index is 403. The molecule has 0 aromatic carbocycles. The maximum absolute atomic E-state index is 12.0. The first-order valence-corrected chi connectivity index (χ1v) is 7.13. The normalized spacial score (nSPS) is 31.1. The fourth-order valence-corrected chi connectivity index (χ4v) is 3.22. The monoisotopic (exact) mass is 282 g/mol. The summed E-state index contributed by atoms with van der Waals surface area (Å²) in [6.07, 6.45) is 2.43. The van der Waals surface area contributed by atoms with Crippen molar-refractivity contribution in [1.29, 1.82) is 0 Å². The molecule has 0 amide bonds. The minimum atomic E-state index is -0.371. The second-order valence-electron chi connectivity index (χ2n) is 5.64. The lowest BCUT2D eigenvalue weighted by atomic mass is 9.86. The van der Waals surface area contributed by atoms with Gasteiger partial charge in [-0.05, 0) is 39.0 Å². The summed E-state index contributed by atoms with van der Waals surface area (Å²) in [5, 5.41) is 0. The molecule has 0 aromatic rings. The molecule has 0 aliphatic heterocycles. The molecule has 112 valence electrons. The highest BCUT2D eigenvalue weighted by atomic mass is 16.7. The Kier molecular flexibility index (Phi) is 4.81. The SMILES string of the molecule is C=C(C)C(=O)OC1CC2CC(C(=O)OCOCC)C1C2. The number of rotatable bonds is 6. The first-order valence-electron chi connectivity index (χ1n) is 7.13. The number of carbonyl (C=O) groups excluding carboxylic acids is 2. The zero-order valence-corrected chi connectivity index (χ0v) is 12.1. The predicted molar refractivity (Wildman–Crippen MR) is 71.6 cm³/mol. The van der Waals surface area contributed by atoms with Gasteiger partial charge in [-0.3, -0.25) is 4.79 Å². The van der Waals surface area contributed by atoms with Crippen molar-refractivity contribution in [3.8, 4) is 0 Å². The van der Waals surface area contributed by atoms with Crippen LogP contribution < -0.4 is 0 Å². The summed E-state index contributed by atoms with van der Waals surface area (Å²) in [5.41, 5.74) is 0.392. The van der Waals surface area contributed by atoms with Gasteiger partial charge in [-0.25, -0.2) is 4.79 Å². The highest BCUT2D eigenvalue weighted by Crippen LogP contribution is 2.50. The summed E-state index contributed by atoms with van der Waals surface area (Å²) >= 11 is 0. The highest BCUT2D eigenvalue weighted by molar-refractivity contribution is 5.87. The Labute approximate surface area is 119 Å². The van der Waals surface area contributed by atoms with Gasteiger partial charge in [0.2, 0.25) is 0 Å². The Hall–Kier alpha value is -1.36. The van der Waals surface area contributed by atoms with Crippen molar-refractivity contribution in [1.82, 2.24) is 0 Å². The average Bonchev–Trinajstić information content (AvgIpc) is 2.98. The first kappa shape index (κ1) is 15.0. The average molecular weight is 282 g/mol. The maximum atomic E-state index is 12.0. The quantitative estimate of drug-likeness (QED) is 0.323. The lowest BCUT2D eigenvalue weighted by molar-refractivity contribution is -0.167. The Morgan fingerprint density at radius 2 is 2.00 bits per heavy atom. The molecule has 5 heteroatoms. The summed E-state index contributed by atoms with van der Waals surface area (Å²) in [5.74, 6) is -0.242. The number of esters is 2. The van der Waals surface area contributed by atoms with Crippen LogP contribution >= 0.6 is 0 Å². The van der Waals surface area contributed by atoms with Gasteiger partial charge in [0.25, 0.3) is 0 Å².